The number of aldehydes is 1. The first-order valence-corrected chi connectivity index (χ1v) is 22.3. The molecule has 3 aromatic rings. The van der Waals surface area contributed by atoms with Crippen LogP contribution in [-0.2, 0) is 20.9 Å². The summed E-state index contributed by atoms with van der Waals surface area (Å²) in [6, 6.07) is 15.9. The van der Waals surface area contributed by atoms with E-state index in [1.807, 2.05) is 47.5 Å². The predicted molar refractivity (Wildman–Crippen MR) is 196 cm³/mol. The molecule has 0 aliphatic heterocycles. The number of alkyl carbamates (subject to hydrolysis) is 1. The largest absolute Gasteiger partial charge is 0.450 e. The van der Waals surface area contributed by atoms with Crippen molar-refractivity contribution < 1.29 is 27.9 Å². The van der Waals surface area contributed by atoms with Crippen molar-refractivity contribution in [2.24, 2.45) is 5.92 Å². The first-order chi connectivity index (χ1) is 23.6. The number of hydrogen-bond donors (Lipinski definition) is 1. The molecule has 1 heterocycles. The Balaban J connectivity index is 1.68. The lowest BCUT2D eigenvalue weighted by Gasteiger charge is -2.40. The van der Waals surface area contributed by atoms with Crippen molar-refractivity contribution in [3.8, 4) is 11.1 Å². The normalized spacial score (nSPS) is 14.3. The average Bonchev–Trinajstić information content (AvgIpc) is 3.48. The van der Waals surface area contributed by atoms with Crippen LogP contribution < -0.4 is 5.32 Å². The number of ether oxygens (including phenoxy) is 1. The second kappa shape index (κ2) is 19.1. The van der Waals surface area contributed by atoms with Gasteiger partial charge < -0.3 is 24.3 Å². The van der Waals surface area contributed by atoms with E-state index >= 15 is 4.39 Å². The maximum absolute atomic E-state index is 15.2. The number of nitrogens with one attached hydrogen (secondary N) is 1. The summed E-state index contributed by atoms with van der Waals surface area (Å²) in [5.74, 6) is -0.153. The zero-order chi connectivity index (χ0) is 35.2. The molecule has 1 N–H and O–H groups in total. The fourth-order valence-corrected chi connectivity index (χ4v) is 7.86. The van der Waals surface area contributed by atoms with Gasteiger partial charge in [0.2, 0.25) is 5.91 Å². The van der Waals surface area contributed by atoms with Crippen molar-refractivity contribution in [1.82, 2.24) is 14.8 Å². The Morgan fingerprint density at radius 3 is 2.55 bits per heavy atom. The minimum atomic E-state index is -1.34. The molecule has 11 heteroatoms. The summed E-state index contributed by atoms with van der Waals surface area (Å²) in [7, 11) is -1.34. The predicted octanol–water partition coefficient (Wildman–Crippen LogP) is 8.71. The highest BCUT2D eigenvalue weighted by Gasteiger charge is 2.35. The van der Waals surface area contributed by atoms with E-state index in [1.165, 1.54) is 17.8 Å². The molecule has 0 saturated heterocycles. The van der Waals surface area contributed by atoms with E-state index in [4.69, 9.17) is 4.74 Å². The van der Waals surface area contributed by atoms with Gasteiger partial charge in [-0.25, -0.2) is 13.6 Å². The molecule has 0 unspecified atom stereocenters. The van der Waals surface area contributed by atoms with Gasteiger partial charge in [0.25, 0.3) is 0 Å². The fraction of sp³-hybridized carbons (Fsp3) is 0.500. The van der Waals surface area contributed by atoms with Crippen LogP contribution >= 0.6 is 11.8 Å². The summed E-state index contributed by atoms with van der Waals surface area (Å²) >= 11 is 1.43. The van der Waals surface area contributed by atoms with Crippen LogP contribution in [-0.4, -0.2) is 67.0 Å². The van der Waals surface area contributed by atoms with E-state index < -0.39 is 25.8 Å². The zero-order valence-electron chi connectivity index (χ0n) is 29.1. The summed E-state index contributed by atoms with van der Waals surface area (Å²) in [5.41, 5.74) is 2.65. The van der Waals surface area contributed by atoms with Crippen molar-refractivity contribution in [1.29, 1.82) is 0 Å². The van der Waals surface area contributed by atoms with Gasteiger partial charge >= 0.3 is 6.09 Å². The molecule has 0 radical (unpaired) electrons. The van der Waals surface area contributed by atoms with Crippen LogP contribution in [0.2, 0.25) is 25.7 Å². The third-order valence-electron chi connectivity index (χ3n) is 8.96. The molecule has 266 valence electrons. The van der Waals surface area contributed by atoms with E-state index in [1.54, 1.807) is 0 Å². The monoisotopic (exact) mass is 711 g/mol. The number of nitrogens with zero attached hydrogens (tertiary/aromatic N) is 2. The summed E-state index contributed by atoms with van der Waals surface area (Å²) in [5, 5.41) is 2.85. The summed E-state index contributed by atoms with van der Waals surface area (Å²) in [6.07, 6.45) is 8.27. The lowest BCUT2D eigenvalue weighted by atomic mass is 9.81. The van der Waals surface area contributed by atoms with Gasteiger partial charge in [-0.3, -0.25) is 4.79 Å². The van der Waals surface area contributed by atoms with Crippen LogP contribution in [0, 0.1) is 17.6 Å². The molecule has 1 aromatic heterocycles. The number of hydrogen-bond acceptors (Lipinski definition) is 5. The van der Waals surface area contributed by atoms with Gasteiger partial charge in [0, 0.05) is 62.9 Å². The van der Waals surface area contributed by atoms with Crippen LogP contribution in [0.3, 0.4) is 0 Å². The highest BCUT2D eigenvalue weighted by molar-refractivity contribution is 7.99. The van der Waals surface area contributed by atoms with Gasteiger partial charge in [0.05, 0.1) is 18.4 Å². The van der Waals surface area contributed by atoms with Gasteiger partial charge in [-0.2, -0.15) is 11.8 Å². The lowest BCUT2D eigenvalue weighted by molar-refractivity contribution is -0.132. The van der Waals surface area contributed by atoms with E-state index in [2.05, 4.69) is 29.5 Å². The highest BCUT2D eigenvalue weighted by atomic mass is 32.2. The Morgan fingerprint density at radius 1 is 1.08 bits per heavy atom. The van der Waals surface area contributed by atoms with Crippen LogP contribution in [0.5, 0.6) is 0 Å². The molecule has 2 aromatic carbocycles. The molecule has 1 aliphatic carbocycles. The lowest BCUT2D eigenvalue weighted by Crippen LogP contribution is -2.42. The first kappa shape index (κ1) is 38.4. The molecule has 1 aliphatic rings. The molecule has 1 atom stereocenters. The van der Waals surface area contributed by atoms with Crippen molar-refractivity contribution >= 4 is 38.1 Å². The standard InChI is InChI=1S/C38H51F2N3O4SSi/c1-49(2,3)23-21-47-38(46)41-18-10-19-43(36(45)28-48-22-11-20-44)37(30-14-8-5-9-15-30)35-24-31(33-25-32(39)16-17-34(33)40)27-42(35)26-29-12-6-4-7-13-29/h4,6-7,12-13,16-17,20,24-25,27,30,37H,5,8-11,14-15,18-19,21-23,26,28H2,1-3H3,(H,41,46)/t37-/m1/s1. The van der Waals surface area contributed by atoms with Crippen molar-refractivity contribution in [2.75, 3.05) is 31.2 Å². The molecule has 2 amide bonds. The molecular formula is C38H51F2N3O4SSi. The summed E-state index contributed by atoms with van der Waals surface area (Å²) in [6.45, 7) is 8.31. The molecular weight excluding hydrogens is 661 g/mol. The van der Waals surface area contributed by atoms with Crippen molar-refractivity contribution in [2.45, 2.75) is 83.2 Å². The SMILES string of the molecule is C[Si](C)(C)CCOC(=O)NCCCN(C(=O)CSCCC=O)[C@@H](c1cc(-c2cc(F)ccc2F)cn1Cc1ccccc1)C1CCCCC1. The Kier molecular flexibility index (Phi) is 14.9. The van der Waals surface area contributed by atoms with Crippen molar-refractivity contribution in [3.63, 3.8) is 0 Å². The van der Waals surface area contributed by atoms with E-state index in [0.717, 1.165) is 67.8 Å². The molecule has 1 saturated carbocycles. The summed E-state index contributed by atoms with van der Waals surface area (Å²) in [4.78, 5) is 39.5. The number of carbonyl (C=O) groups excluding carboxylic acids is 3. The Bertz CT molecular complexity index is 1510. The highest BCUT2D eigenvalue weighted by Crippen LogP contribution is 2.41. The number of thioether (sulfide) groups is 1. The number of benzene rings is 2. The van der Waals surface area contributed by atoms with E-state index in [9.17, 15) is 18.8 Å². The second-order valence-corrected chi connectivity index (χ2v) is 20.8. The van der Waals surface area contributed by atoms with Gasteiger partial charge in [-0.15, -0.1) is 0 Å². The van der Waals surface area contributed by atoms with Crippen LogP contribution in [0.4, 0.5) is 13.6 Å². The maximum atomic E-state index is 15.2. The molecule has 7 nitrogen and oxygen atoms in total. The van der Waals surface area contributed by atoms with Crippen LogP contribution in [0.1, 0.15) is 62.2 Å². The Hall–Kier alpha value is -3.44. The van der Waals surface area contributed by atoms with E-state index in [0.29, 0.717) is 50.4 Å². The van der Waals surface area contributed by atoms with Gasteiger partial charge in [-0.1, -0.05) is 69.2 Å². The molecule has 4 rings (SSSR count). The second-order valence-electron chi connectivity index (χ2n) is 14.1. The number of aromatic nitrogens is 1. The first-order valence-electron chi connectivity index (χ1n) is 17.5. The van der Waals surface area contributed by atoms with Crippen LogP contribution in [0.15, 0.2) is 60.8 Å². The third-order valence-corrected chi connectivity index (χ3v) is 11.6. The minimum absolute atomic E-state index is 0.0462. The summed E-state index contributed by atoms with van der Waals surface area (Å²) < 4.78 is 37.1. The average molecular weight is 712 g/mol. The fourth-order valence-electron chi connectivity index (χ4n) is 6.40. The molecule has 1 fully saturated rings. The zero-order valence-corrected chi connectivity index (χ0v) is 30.9. The Labute approximate surface area is 295 Å². The number of amides is 2. The number of rotatable bonds is 18. The third kappa shape index (κ3) is 12.1. The number of carbonyl (C=O) groups is 3. The molecule has 49 heavy (non-hydrogen) atoms. The van der Waals surface area contributed by atoms with E-state index in [-0.39, 0.29) is 29.2 Å². The van der Waals surface area contributed by atoms with Gasteiger partial charge in [0.15, 0.2) is 0 Å². The Morgan fingerprint density at radius 2 is 1.84 bits per heavy atom. The molecule has 0 bridgehead atoms. The molecule has 0 spiro atoms. The van der Waals surface area contributed by atoms with Gasteiger partial charge in [-0.05, 0) is 61.1 Å². The maximum Gasteiger partial charge on any atom is 0.407 e. The minimum Gasteiger partial charge on any atom is -0.450 e. The van der Waals surface area contributed by atoms with Gasteiger partial charge in [0.1, 0.15) is 17.9 Å². The quantitative estimate of drug-likeness (QED) is 0.0812. The topological polar surface area (TPSA) is 80.6 Å². The number of halogens is 2. The van der Waals surface area contributed by atoms with Crippen molar-refractivity contribution in [3.05, 3.63) is 83.7 Å². The van der Waals surface area contributed by atoms with Crippen LogP contribution in [0.25, 0.3) is 11.1 Å². The smallest absolute Gasteiger partial charge is 0.407 e.